The van der Waals surface area contributed by atoms with Crippen molar-refractivity contribution in [3.8, 4) is 0 Å². The van der Waals surface area contributed by atoms with Crippen LogP contribution in [0.1, 0.15) is 25.7 Å². The lowest BCUT2D eigenvalue weighted by atomic mass is 9.60. The Morgan fingerprint density at radius 3 is 1.64 bits per heavy atom. The maximum absolute atomic E-state index is 3.57. The van der Waals surface area contributed by atoms with E-state index >= 15 is 0 Å². The quantitative estimate of drug-likeness (QED) is 0.555. The van der Waals surface area contributed by atoms with Gasteiger partial charge in [-0.2, -0.15) is 0 Å². The first kappa shape index (κ1) is 6.47. The lowest BCUT2D eigenvalue weighted by molar-refractivity contribution is 0.0577. The van der Waals surface area contributed by atoms with Crippen molar-refractivity contribution >= 4 is 0 Å². The van der Waals surface area contributed by atoms with Crippen LogP contribution in [0.5, 0.6) is 0 Å². The van der Waals surface area contributed by atoms with Crippen LogP contribution in [0.3, 0.4) is 0 Å². The third-order valence-electron chi connectivity index (χ3n) is 4.34. The van der Waals surface area contributed by atoms with Crippen LogP contribution in [-0.4, -0.2) is 13.1 Å². The fraction of sp³-hybridized carbons (Fsp3) is 1.00. The van der Waals surface area contributed by atoms with E-state index in [9.17, 15) is 0 Å². The predicted octanol–water partition coefficient (Wildman–Crippen LogP) is 1.64. The summed E-state index contributed by atoms with van der Waals surface area (Å²) in [6.07, 6.45) is 6.20. The van der Waals surface area contributed by atoms with Gasteiger partial charge in [-0.1, -0.05) is 0 Å². The third kappa shape index (κ3) is 0.807. The molecule has 3 aliphatic carbocycles. The molecule has 4 aliphatic rings. The van der Waals surface area contributed by atoms with E-state index in [1.54, 1.807) is 25.7 Å². The van der Waals surface area contributed by atoms with E-state index in [2.05, 4.69) is 5.32 Å². The molecule has 0 aromatic heterocycles. The molecule has 0 amide bonds. The molecule has 0 spiro atoms. The van der Waals surface area contributed by atoms with Gasteiger partial charge in [0.05, 0.1) is 0 Å². The van der Waals surface area contributed by atoms with Crippen molar-refractivity contribution in [1.82, 2.24) is 5.32 Å². The molecule has 1 heteroatoms. The van der Waals surface area contributed by atoms with Crippen LogP contribution >= 0.6 is 0 Å². The van der Waals surface area contributed by atoms with E-state index in [1.807, 2.05) is 0 Å². The lowest BCUT2D eigenvalue weighted by Gasteiger charge is -2.45. The maximum Gasteiger partial charge on any atom is -0.00145 e. The minimum absolute atomic E-state index is 1.09. The Kier molecular flexibility index (Phi) is 1.31. The number of nitrogens with one attached hydrogen (secondary N) is 1. The molecule has 3 saturated carbocycles. The standard InChI is InChI=1S/C10H17N/c1-2-8-4-3-7(1)9-5-11-6-10(8)9/h7-11H,1-6H2/t7?,8?,9-,10-/m1/s1. The maximum atomic E-state index is 3.57. The van der Waals surface area contributed by atoms with Crippen molar-refractivity contribution in [3.63, 3.8) is 0 Å². The zero-order valence-corrected chi connectivity index (χ0v) is 7.05. The third-order valence-corrected chi connectivity index (χ3v) is 4.34. The van der Waals surface area contributed by atoms with Crippen molar-refractivity contribution in [1.29, 1.82) is 0 Å². The molecule has 1 aliphatic heterocycles. The fourth-order valence-corrected chi connectivity index (χ4v) is 3.75. The monoisotopic (exact) mass is 151 g/mol. The Labute approximate surface area is 68.6 Å². The summed E-state index contributed by atoms with van der Waals surface area (Å²) in [5.41, 5.74) is 0. The molecular formula is C10H17N. The second kappa shape index (κ2) is 2.22. The molecule has 62 valence electrons. The van der Waals surface area contributed by atoms with Gasteiger partial charge >= 0.3 is 0 Å². The number of rotatable bonds is 0. The summed E-state index contributed by atoms with van der Waals surface area (Å²) >= 11 is 0. The van der Waals surface area contributed by atoms with Gasteiger partial charge in [0.25, 0.3) is 0 Å². The molecule has 4 fully saturated rings. The molecule has 11 heavy (non-hydrogen) atoms. The summed E-state index contributed by atoms with van der Waals surface area (Å²) in [6, 6.07) is 0. The van der Waals surface area contributed by atoms with Crippen LogP contribution in [0.15, 0.2) is 0 Å². The van der Waals surface area contributed by atoms with E-state index in [4.69, 9.17) is 0 Å². The molecule has 0 radical (unpaired) electrons. The molecule has 1 heterocycles. The minimum Gasteiger partial charge on any atom is -0.316 e. The average molecular weight is 151 g/mol. The van der Waals surface area contributed by atoms with E-state index in [0.29, 0.717) is 0 Å². The molecule has 4 rings (SSSR count). The highest BCUT2D eigenvalue weighted by Crippen LogP contribution is 2.49. The van der Waals surface area contributed by atoms with Gasteiger partial charge in [-0.25, -0.2) is 0 Å². The Balaban J connectivity index is 1.89. The minimum atomic E-state index is 1.09. The largest absolute Gasteiger partial charge is 0.316 e. The lowest BCUT2D eigenvalue weighted by Crippen LogP contribution is -2.38. The van der Waals surface area contributed by atoms with E-state index < -0.39 is 0 Å². The summed E-state index contributed by atoms with van der Waals surface area (Å²) in [7, 11) is 0. The first-order valence-electron chi connectivity index (χ1n) is 5.16. The first-order chi connectivity index (χ1) is 5.45. The second-order valence-electron chi connectivity index (χ2n) is 4.66. The van der Waals surface area contributed by atoms with Gasteiger partial charge < -0.3 is 5.32 Å². The molecule has 0 aromatic rings. The highest BCUT2D eigenvalue weighted by Gasteiger charge is 2.45. The van der Waals surface area contributed by atoms with Gasteiger partial charge in [-0.3, -0.25) is 0 Å². The van der Waals surface area contributed by atoms with Crippen molar-refractivity contribution in [2.45, 2.75) is 25.7 Å². The highest BCUT2D eigenvalue weighted by molar-refractivity contribution is 4.97. The van der Waals surface area contributed by atoms with Crippen molar-refractivity contribution in [2.24, 2.45) is 23.7 Å². The van der Waals surface area contributed by atoms with Crippen LogP contribution in [0, 0.1) is 23.7 Å². The highest BCUT2D eigenvalue weighted by atomic mass is 14.9. The molecule has 2 atom stereocenters. The van der Waals surface area contributed by atoms with Crippen molar-refractivity contribution < 1.29 is 0 Å². The SMILES string of the molecule is C1CC2CCC1[C@H]1CNC[C@H]21. The van der Waals surface area contributed by atoms with Crippen LogP contribution in [0.4, 0.5) is 0 Å². The van der Waals surface area contributed by atoms with Gasteiger partial charge in [-0.05, 0) is 62.4 Å². The zero-order valence-electron chi connectivity index (χ0n) is 7.05. The van der Waals surface area contributed by atoms with Gasteiger partial charge in [0.2, 0.25) is 0 Å². The summed E-state index contributed by atoms with van der Waals surface area (Å²) < 4.78 is 0. The van der Waals surface area contributed by atoms with E-state index in [1.165, 1.54) is 13.1 Å². The normalized spacial score (nSPS) is 54.5. The van der Waals surface area contributed by atoms with Gasteiger partial charge in [0, 0.05) is 0 Å². The first-order valence-corrected chi connectivity index (χ1v) is 5.16. The Morgan fingerprint density at radius 1 is 0.727 bits per heavy atom. The Bertz CT molecular complexity index is 140. The Morgan fingerprint density at radius 2 is 1.18 bits per heavy atom. The van der Waals surface area contributed by atoms with Crippen LogP contribution < -0.4 is 5.32 Å². The summed E-state index contributed by atoms with van der Waals surface area (Å²) in [6.45, 7) is 2.68. The number of hydrogen-bond acceptors (Lipinski definition) is 1. The molecule has 1 N–H and O–H groups in total. The van der Waals surface area contributed by atoms with Gasteiger partial charge in [0.15, 0.2) is 0 Å². The van der Waals surface area contributed by atoms with Crippen molar-refractivity contribution in [2.75, 3.05) is 13.1 Å². The van der Waals surface area contributed by atoms with Crippen LogP contribution in [0.2, 0.25) is 0 Å². The van der Waals surface area contributed by atoms with E-state index in [0.717, 1.165) is 23.7 Å². The zero-order chi connectivity index (χ0) is 7.26. The van der Waals surface area contributed by atoms with Gasteiger partial charge in [-0.15, -0.1) is 0 Å². The molecule has 2 bridgehead atoms. The summed E-state index contributed by atoms with van der Waals surface area (Å²) in [4.78, 5) is 0. The fourth-order valence-electron chi connectivity index (χ4n) is 3.75. The average Bonchev–Trinajstić information content (AvgIpc) is 2.55. The topological polar surface area (TPSA) is 12.0 Å². The molecule has 1 nitrogen and oxygen atoms in total. The molecule has 0 aromatic carbocycles. The molecule has 0 unspecified atom stereocenters. The van der Waals surface area contributed by atoms with E-state index in [-0.39, 0.29) is 0 Å². The summed E-state index contributed by atoms with van der Waals surface area (Å²) in [5.74, 6) is 4.39. The molecule has 1 saturated heterocycles. The van der Waals surface area contributed by atoms with Crippen LogP contribution in [0.25, 0.3) is 0 Å². The van der Waals surface area contributed by atoms with Gasteiger partial charge in [0.1, 0.15) is 0 Å². The molecular weight excluding hydrogens is 134 g/mol. The number of hydrogen-bond donors (Lipinski definition) is 1. The Hall–Kier alpha value is -0.0400. The smallest absolute Gasteiger partial charge is 0.00145 e. The second-order valence-corrected chi connectivity index (χ2v) is 4.66. The van der Waals surface area contributed by atoms with Crippen LogP contribution in [-0.2, 0) is 0 Å². The van der Waals surface area contributed by atoms with Crippen molar-refractivity contribution in [3.05, 3.63) is 0 Å². The number of fused-ring (bicyclic) bond motifs is 2. The summed E-state index contributed by atoms with van der Waals surface area (Å²) in [5, 5.41) is 3.57. The predicted molar refractivity (Wildman–Crippen MR) is 45.3 cm³/mol.